The fourth-order valence-electron chi connectivity index (χ4n) is 2.08. The molecule has 0 bridgehead atoms. The van der Waals surface area contributed by atoms with Gasteiger partial charge in [-0.2, -0.15) is 13.2 Å². The Hall–Kier alpha value is -1.83. The highest BCUT2D eigenvalue weighted by Crippen LogP contribution is 2.27. The Labute approximate surface area is 156 Å². The van der Waals surface area contributed by atoms with Gasteiger partial charge in [0.05, 0.1) is 5.56 Å². The maximum Gasteiger partial charge on any atom is 0.433 e. The van der Waals surface area contributed by atoms with Gasteiger partial charge in [0, 0.05) is 25.8 Å². The molecule has 0 fully saturated rings. The molecule has 1 amide bonds. The predicted octanol–water partition coefficient (Wildman–Crippen LogP) is 3.55. The highest BCUT2D eigenvalue weighted by Gasteiger charge is 2.32. The van der Waals surface area contributed by atoms with Crippen LogP contribution in [0.4, 0.5) is 13.2 Å². The molecule has 9 heteroatoms. The molecule has 1 aromatic carbocycles. The smallest absolute Gasteiger partial charge is 0.333 e. The largest absolute Gasteiger partial charge is 0.433 e. The zero-order chi connectivity index (χ0) is 16.9. The van der Waals surface area contributed by atoms with E-state index in [1.807, 2.05) is 30.3 Å². The van der Waals surface area contributed by atoms with Crippen molar-refractivity contribution >= 4 is 30.7 Å². The summed E-state index contributed by atoms with van der Waals surface area (Å²) < 4.78 is 37.5. The molecule has 2 N–H and O–H groups in total. The first-order chi connectivity index (χ1) is 10.9. The first-order valence-corrected chi connectivity index (χ1v) is 6.98. The van der Waals surface area contributed by atoms with Crippen molar-refractivity contribution < 1.29 is 18.0 Å². The first-order valence-electron chi connectivity index (χ1n) is 6.98. The van der Waals surface area contributed by atoms with Gasteiger partial charge in [0.2, 0.25) is 0 Å². The van der Waals surface area contributed by atoms with Gasteiger partial charge in [-0.1, -0.05) is 30.3 Å². The van der Waals surface area contributed by atoms with Crippen LogP contribution in [0.1, 0.15) is 21.6 Å². The lowest BCUT2D eigenvalue weighted by molar-refractivity contribution is -0.141. The Bertz CT molecular complexity index is 652. The third-order valence-electron chi connectivity index (χ3n) is 3.20. The SMILES string of the molecule is Cl.Cl.NCCN(Cc1ccccc1)C(=O)c1ccc(C(F)(F)F)nc1. The van der Waals surface area contributed by atoms with Crippen LogP contribution in [0, 0.1) is 0 Å². The molecule has 25 heavy (non-hydrogen) atoms. The topological polar surface area (TPSA) is 59.2 Å². The minimum Gasteiger partial charge on any atom is -0.333 e. The lowest BCUT2D eigenvalue weighted by Gasteiger charge is -2.22. The van der Waals surface area contributed by atoms with Crippen molar-refractivity contribution in [2.45, 2.75) is 12.7 Å². The Kier molecular flexibility index (Phi) is 9.48. The average Bonchev–Trinajstić information content (AvgIpc) is 2.54. The fourth-order valence-corrected chi connectivity index (χ4v) is 2.08. The monoisotopic (exact) mass is 395 g/mol. The van der Waals surface area contributed by atoms with Crippen molar-refractivity contribution in [1.29, 1.82) is 0 Å². The molecule has 1 heterocycles. The van der Waals surface area contributed by atoms with E-state index < -0.39 is 17.8 Å². The van der Waals surface area contributed by atoms with Crippen LogP contribution in [-0.2, 0) is 12.7 Å². The van der Waals surface area contributed by atoms with Gasteiger partial charge in [0.1, 0.15) is 5.69 Å². The Morgan fingerprint density at radius 1 is 1.08 bits per heavy atom. The molecular weight excluding hydrogens is 378 g/mol. The highest BCUT2D eigenvalue weighted by molar-refractivity contribution is 5.93. The lowest BCUT2D eigenvalue weighted by atomic mass is 10.1. The molecule has 2 aromatic rings. The third kappa shape index (κ3) is 6.53. The molecule has 1 aromatic heterocycles. The zero-order valence-electron chi connectivity index (χ0n) is 13.1. The maximum absolute atomic E-state index is 12.5. The number of nitrogens with two attached hydrogens (primary N) is 1. The van der Waals surface area contributed by atoms with E-state index in [2.05, 4.69) is 4.98 Å². The summed E-state index contributed by atoms with van der Waals surface area (Å²) in [7, 11) is 0. The second-order valence-corrected chi connectivity index (χ2v) is 4.93. The summed E-state index contributed by atoms with van der Waals surface area (Å²) >= 11 is 0. The van der Waals surface area contributed by atoms with Crippen LogP contribution in [-0.4, -0.2) is 28.9 Å². The van der Waals surface area contributed by atoms with E-state index in [1.165, 1.54) is 4.90 Å². The standard InChI is InChI=1S/C16H16F3N3O.2ClH/c17-16(18,19)14-7-6-13(10-21-14)15(23)22(9-8-20)11-12-4-2-1-3-5-12;;/h1-7,10H,8-9,11,20H2;2*1H. The fraction of sp³-hybridized carbons (Fsp3) is 0.250. The number of hydrogen-bond acceptors (Lipinski definition) is 3. The molecule has 0 saturated carbocycles. The molecule has 0 aliphatic heterocycles. The highest BCUT2D eigenvalue weighted by atomic mass is 35.5. The third-order valence-corrected chi connectivity index (χ3v) is 3.20. The summed E-state index contributed by atoms with van der Waals surface area (Å²) in [4.78, 5) is 17.3. The van der Waals surface area contributed by atoms with Gasteiger partial charge in [-0.3, -0.25) is 9.78 Å². The molecule has 0 radical (unpaired) electrons. The summed E-state index contributed by atoms with van der Waals surface area (Å²) in [5.41, 5.74) is 5.51. The summed E-state index contributed by atoms with van der Waals surface area (Å²) in [5.74, 6) is -0.402. The van der Waals surface area contributed by atoms with E-state index in [9.17, 15) is 18.0 Å². The number of carbonyl (C=O) groups excluding carboxylic acids is 1. The van der Waals surface area contributed by atoms with E-state index >= 15 is 0 Å². The van der Waals surface area contributed by atoms with Gasteiger partial charge in [-0.15, -0.1) is 24.8 Å². The van der Waals surface area contributed by atoms with E-state index in [4.69, 9.17) is 5.73 Å². The second-order valence-electron chi connectivity index (χ2n) is 4.93. The van der Waals surface area contributed by atoms with E-state index in [-0.39, 0.29) is 36.9 Å². The van der Waals surface area contributed by atoms with Crippen molar-refractivity contribution in [1.82, 2.24) is 9.88 Å². The maximum atomic E-state index is 12.5. The molecule has 0 unspecified atom stereocenters. The van der Waals surface area contributed by atoms with Crippen LogP contribution in [0.5, 0.6) is 0 Å². The summed E-state index contributed by atoms with van der Waals surface area (Å²) in [6, 6.07) is 11.2. The van der Waals surface area contributed by atoms with Crippen molar-refractivity contribution in [2.24, 2.45) is 5.73 Å². The van der Waals surface area contributed by atoms with Gasteiger partial charge in [-0.25, -0.2) is 0 Å². The summed E-state index contributed by atoms with van der Waals surface area (Å²) in [6.07, 6.45) is -3.58. The Morgan fingerprint density at radius 3 is 2.20 bits per heavy atom. The minimum absolute atomic E-state index is 0. The molecule has 0 spiro atoms. The van der Waals surface area contributed by atoms with Crippen molar-refractivity contribution in [3.05, 3.63) is 65.5 Å². The average molecular weight is 396 g/mol. The van der Waals surface area contributed by atoms with Gasteiger partial charge in [0.25, 0.3) is 5.91 Å². The molecule has 138 valence electrons. The van der Waals surface area contributed by atoms with Crippen LogP contribution >= 0.6 is 24.8 Å². The number of carbonyl (C=O) groups is 1. The number of amides is 1. The predicted molar refractivity (Wildman–Crippen MR) is 94.0 cm³/mol. The van der Waals surface area contributed by atoms with Gasteiger partial charge >= 0.3 is 6.18 Å². The van der Waals surface area contributed by atoms with Gasteiger partial charge in [-0.05, 0) is 17.7 Å². The number of alkyl halides is 3. The minimum atomic E-state index is -4.53. The van der Waals surface area contributed by atoms with Crippen molar-refractivity contribution in [3.63, 3.8) is 0 Å². The number of nitrogens with zero attached hydrogens (tertiary/aromatic N) is 2. The van der Waals surface area contributed by atoms with E-state index in [0.717, 1.165) is 23.9 Å². The molecule has 0 saturated heterocycles. The van der Waals surface area contributed by atoms with Crippen LogP contribution in [0.2, 0.25) is 0 Å². The Balaban J connectivity index is 0.00000288. The number of pyridine rings is 1. The molecular formula is C16H18Cl2F3N3O. The quantitative estimate of drug-likeness (QED) is 0.841. The number of rotatable bonds is 5. The van der Waals surface area contributed by atoms with Gasteiger partial charge in [0.15, 0.2) is 0 Å². The van der Waals surface area contributed by atoms with E-state index in [1.54, 1.807) is 0 Å². The first kappa shape index (κ1) is 23.2. The number of benzene rings is 1. The van der Waals surface area contributed by atoms with Crippen LogP contribution in [0.25, 0.3) is 0 Å². The van der Waals surface area contributed by atoms with Crippen LogP contribution in [0.15, 0.2) is 48.7 Å². The number of hydrogen-bond donors (Lipinski definition) is 1. The normalized spacial score (nSPS) is 10.4. The summed E-state index contributed by atoms with van der Waals surface area (Å²) in [5, 5.41) is 0. The molecule has 2 rings (SSSR count). The van der Waals surface area contributed by atoms with Crippen LogP contribution < -0.4 is 5.73 Å². The van der Waals surface area contributed by atoms with Crippen molar-refractivity contribution in [2.75, 3.05) is 13.1 Å². The molecule has 0 aliphatic carbocycles. The number of aromatic nitrogens is 1. The van der Waals surface area contributed by atoms with Crippen LogP contribution in [0.3, 0.4) is 0 Å². The van der Waals surface area contributed by atoms with Crippen molar-refractivity contribution in [3.8, 4) is 0 Å². The zero-order valence-corrected chi connectivity index (χ0v) is 14.7. The molecule has 4 nitrogen and oxygen atoms in total. The Morgan fingerprint density at radius 2 is 1.72 bits per heavy atom. The van der Waals surface area contributed by atoms with E-state index in [0.29, 0.717) is 13.1 Å². The molecule has 0 aliphatic rings. The van der Waals surface area contributed by atoms with Gasteiger partial charge < -0.3 is 10.6 Å². The molecule has 0 atom stereocenters. The summed E-state index contributed by atoms with van der Waals surface area (Å²) in [6.45, 7) is 0.888. The lowest BCUT2D eigenvalue weighted by Crippen LogP contribution is -2.35. The number of halogens is 5. The second kappa shape index (κ2) is 10.2.